The molecular weight excluding hydrogens is 250 g/mol. The van der Waals surface area contributed by atoms with Crippen LogP contribution >= 0.6 is 11.8 Å². The summed E-state index contributed by atoms with van der Waals surface area (Å²) in [6, 6.07) is 7.84. The topological polar surface area (TPSA) is 47.6 Å². The number of hydrogen-bond acceptors (Lipinski definition) is 5. The van der Waals surface area contributed by atoms with E-state index in [0.29, 0.717) is 0 Å². The van der Waals surface area contributed by atoms with Gasteiger partial charge in [0.25, 0.3) is 0 Å². The Labute approximate surface area is 111 Å². The third-order valence-corrected chi connectivity index (χ3v) is 4.09. The summed E-state index contributed by atoms with van der Waals surface area (Å²) < 4.78 is 9.99. The summed E-state index contributed by atoms with van der Waals surface area (Å²) >= 11 is 1.76. The van der Waals surface area contributed by atoms with Gasteiger partial charge in [0.2, 0.25) is 0 Å². The van der Waals surface area contributed by atoms with Crippen molar-refractivity contribution < 1.29 is 14.3 Å². The lowest BCUT2D eigenvalue weighted by molar-refractivity contribution is -0.142. The number of hydrogen-bond donors (Lipinski definition) is 1. The highest BCUT2D eigenvalue weighted by atomic mass is 32.2. The third-order valence-electron chi connectivity index (χ3n) is 2.95. The molecule has 0 bridgehead atoms. The molecule has 98 valence electrons. The van der Waals surface area contributed by atoms with Crippen LogP contribution in [-0.4, -0.2) is 37.7 Å². The van der Waals surface area contributed by atoms with E-state index in [0.717, 1.165) is 22.8 Å². The molecule has 1 fully saturated rings. The van der Waals surface area contributed by atoms with E-state index in [2.05, 4.69) is 5.32 Å². The number of carbonyl (C=O) groups excluding carboxylic acids is 1. The molecule has 1 aliphatic heterocycles. The van der Waals surface area contributed by atoms with Crippen LogP contribution in [0.4, 0.5) is 0 Å². The van der Waals surface area contributed by atoms with Crippen molar-refractivity contribution in [3.8, 4) is 5.75 Å². The third kappa shape index (κ3) is 2.97. The lowest BCUT2D eigenvalue weighted by Gasteiger charge is -2.29. The second kappa shape index (κ2) is 6.11. The molecule has 0 saturated carbocycles. The summed E-state index contributed by atoms with van der Waals surface area (Å²) in [4.78, 5) is 11.5. The van der Waals surface area contributed by atoms with Crippen LogP contribution < -0.4 is 10.1 Å². The molecule has 0 aliphatic carbocycles. The van der Waals surface area contributed by atoms with Gasteiger partial charge in [-0.3, -0.25) is 10.1 Å². The minimum Gasteiger partial charge on any atom is -0.497 e. The molecule has 5 heteroatoms. The van der Waals surface area contributed by atoms with Gasteiger partial charge in [0.15, 0.2) is 0 Å². The van der Waals surface area contributed by atoms with E-state index in [-0.39, 0.29) is 18.1 Å². The van der Waals surface area contributed by atoms with Crippen LogP contribution in [0.15, 0.2) is 24.3 Å². The van der Waals surface area contributed by atoms with Crippen molar-refractivity contribution >= 4 is 17.7 Å². The van der Waals surface area contributed by atoms with E-state index in [1.165, 1.54) is 7.11 Å². The van der Waals surface area contributed by atoms with Crippen LogP contribution in [0, 0.1) is 0 Å². The molecule has 18 heavy (non-hydrogen) atoms. The van der Waals surface area contributed by atoms with Crippen molar-refractivity contribution in [3.63, 3.8) is 0 Å². The first-order valence-electron chi connectivity index (χ1n) is 5.80. The lowest BCUT2D eigenvalue weighted by Crippen LogP contribution is -2.45. The number of nitrogens with one attached hydrogen (secondary N) is 1. The van der Waals surface area contributed by atoms with Crippen molar-refractivity contribution in [2.75, 3.05) is 25.7 Å². The Morgan fingerprint density at radius 2 is 2.22 bits per heavy atom. The van der Waals surface area contributed by atoms with Crippen LogP contribution in [0.25, 0.3) is 0 Å². The Morgan fingerprint density at radius 1 is 1.39 bits per heavy atom. The molecule has 1 N–H and O–H groups in total. The minimum absolute atomic E-state index is 0.156. The van der Waals surface area contributed by atoms with Gasteiger partial charge in [0.1, 0.15) is 11.8 Å². The van der Waals surface area contributed by atoms with E-state index < -0.39 is 0 Å². The smallest absolute Gasteiger partial charge is 0.323 e. The fourth-order valence-electron chi connectivity index (χ4n) is 1.97. The van der Waals surface area contributed by atoms with Crippen molar-refractivity contribution in [1.29, 1.82) is 0 Å². The van der Waals surface area contributed by atoms with Gasteiger partial charge < -0.3 is 9.47 Å². The van der Waals surface area contributed by atoms with E-state index in [4.69, 9.17) is 9.47 Å². The van der Waals surface area contributed by atoms with Gasteiger partial charge in [-0.15, -0.1) is 0 Å². The number of esters is 1. The number of benzene rings is 1. The summed E-state index contributed by atoms with van der Waals surface area (Å²) in [5.74, 6) is 2.34. The minimum atomic E-state index is -0.232. The predicted molar refractivity (Wildman–Crippen MR) is 72.0 cm³/mol. The van der Waals surface area contributed by atoms with Gasteiger partial charge in [-0.25, -0.2) is 0 Å². The molecule has 1 saturated heterocycles. The standard InChI is InChI=1S/C13H17NO3S/c1-16-10-5-3-4-9(6-10)11-7-18-8-12(14-11)13(15)17-2/h3-6,11-12,14H,7-8H2,1-2H3. The number of thioether (sulfide) groups is 1. The van der Waals surface area contributed by atoms with Gasteiger partial charge in [-0.1, -0.05) is 12.1 Å². The van der Waals surface area contributed by atoms with E-state index in [1.807, 2.05) is 24.3 Å². The predicted octanol–water partition coefficient (Wildman–Crippen LogP) is 1.61. The van der Waals surface area contributed by atoms with Crippen LogP contribution in [0.2, 0.25) is 0 Å². The second-order valence-electron chi connectivity index (χ2n) is 4.11. The highest BCUT2D eigenvalue weighted by molar-refractivity contribution is 7.99. The van der Waals surface area contributed by atoms with Crippen molar-refractivity contribution in [1.82, 2.24) is 5.32 Å². The normalized spacial score (nSPS) is 23.4. The van der Waals surface area contributed by atoms with Crippen molar-refractivity contribution in [2.24, 2.45) is 0 Å². The monoisotopic (exact) mass is 267 g/mol. The Balaban J connectivity index is 2.10. The fraction of sp³-hybridized carbons (Fsp3) is 0.462. The molecule has 0 amide bonds. The van der Waals surface area contributed by atoms with Gasteiger partial charge in [0.05, 0.1) is 14.2 Å². The molecule has 1 aromatic carbocycles. The van der Waals surface area contributed by atoms with Gasteiger partial charge in [0, 0.05) is 17.5 Å². The number of rotatable bonds is 3. The maximum absolute atomic E-state index is 11.5. The van der Waals surface area contributed by atoms with E-state index in [1.54, 1.807) is 18.9 Å². The molecule has 2 unspecified atom stereocenters. The molecule has 4 nitrogen and oxygen atoms in total. The fourth-order valence-corrected chi connectivity index (χ4v) is 3.10. The maximum atomic E-state index is 11.5. The Hall–Kier alpha value is -1.20. The van der Waals surface area contributed by atoms with Crippen molar-refractivity contribution in [2.45, 2.75) is 12.1 Å². The zero-order valence-corrected chi connectivity index (χ0v) is 11.3. The maximum Gasteiger partial charge on any atom is 0.323 e. The zero-order chi connectivity index (χ0) is 13.0. The molecule has 0 aromatic heterocycles. The van der Waals surface area contributed by atoms with Gasteiger partial charge >= 0.3 is 5.97 Å². The van der Waals surface area contributed by atoms with E-state index >= 15 is 0 Å². The average molecular weight is 267 g/mol. The van der Waals surface area contributed by atoms with Crippen molar-refractivity contribution in [3.05, 3.63) is 29.8 Å². The number of carbonyl (C=O) groups is 1. The highest BCUT2D eigenvalue weighted by Crippen LogP contribution is 2.27. The lowest BCUT2D eigenvalue weighted by atomic mass is 10.1. The molecule has 0 spiro atoms. The zero-order valence-electron chi connectivity index (χ0n) is 10.5. The number of ether oxygens (including phenoxy) is 2. The summed E-state index contributed by atoms with van der Waals surface area (Å²) in [5.41, 5.74) is 1.13. The first kappa shape index (κ1) is 13.2. The Bertz CT molecular complexity index is 424. The first-order chi connectivity index (χ1) is 8.74. The molecule has 1 aromatic rings. The summed E-state index contributed by atoms with van der Waals surface area (Å²) in [6.07, 6.45) is 0. The summed E-state index contributed by atoms with van der Waals surface area (Å²) in [6.45, 7) is 0. The summed E-state index contributed by atoms with van der Waals surface area (Å²) in [5, 5.41) is 3.32. The molecule has 0 radical (unpaired) electrons. The molecule has 1 aliphatic rings. The molecule has 2 rings (SSSR count). The summed E-state index contributed by atoms with van der Waals surface area (Å²) in [7, 11) is 3.07. The Morgan fingerprint density at radius 3 is 2.94 bits per heavy atom. The van der Waals surface area contributed by atoms with Gasteiger partial charge in [-0.05, 0) is 17.7 Å². The quantitative estimate of drug-likeness (QED) is 0.843. The largest absolute Gasteiger partial charge is 0.497 e. The first-order valence-corrected chi connectivity index (χ1v) is 6.95. The SMILES string of the molecule is COC(=O)C1CSCC(c2cccc(OC)c2)N1. The van der Waals surface area contributed by atoms with Crippen LogP contribution in [0.3, 0.4) is 0 Å². The highest BCUT2D eigenvalue weighted by Gasteiger charge is 2.28. The molecule has 1 heterocycles. The second-order valence-corrected chi connectivity index (χ2v) is 5.18. The van der Waals surface area contributed by atoms with Gasteiger partial charge in [-0.2, -0.15) is 11.8 Å². The molecule has 2 atom stereocenters. The van der Waals surface area contributed by atoms with E-state index in [9.17, 15) is 4.79 Å². The Kier molecular flexibility index (Phi) is 4.49. The van der Waals surface area contributed by atoms with Crippen LogP contribution in [-0.2, 0) is 9.53 Å². The number of methoxy groups -OCH3 is 2. The molecular formula is C13H17NO3S. The van der Waals surface area contributed by atoms with Crippen LogP contribution in [0.5, 0.6) is 5.75 Å². The average Bonchev–Trinajstić information content (AvgIpc) is 2.46. The van der Waals surface area contributed by atoms with Crippen LogP contribution in [0.1, 0.15) is 11.6 Å².